The second-order valence-electron chi connectivity index (χ2n) is 6.15. The molecule has 0 atom stereocenters. The van der Waals surface area contributed by atoms with E-state index in [-0.39, 0.29) is 11.3 Å². The summed E-state index contributed by atoms with van der Waals surface area (Å²) in [6.07, 6.45) is 0.639. The Morgan fingerprint density at radius 1 is 0.864 bits per heavy atom. The van der Waals surface area contributed by atoms with Crippen molar-refractivity contribution in [3.05, 3.63) is 28.8 Å². The van der Waals surface area contributed by atoms with Crippen molar-refractivity contribution in [1.29, 1.82) is 0 Å². The highest BCUT2D eigenvalue weighted by Crippen LogP contribution is 2.61. The van der Waals surface area contributed by atoms with Crippen LogP contribution in [0.2, 0.25) is 0 Å². The largest absolute Gasteiger partial charge is 0.508 e. The van der Waals surface area contributed by atoms with Gasteiger partial charge in [-0.25, -0.2) is 0 Å². The highest BCUT2D eigenvalue weighted by atomic mass is 16.3. The molecule has 0 unspecified atom stereocenters. The lowest BCUT2D eigenvalue weighted by Gasteiger charge is -2.23. The van der Waals surface area contributed by atoms with Crippen molar-refractivity contribution in [3.63, 3.8) is 0 Å². The van der Waals surface area contributed by atoms with Gasteiger partial charge >= 0.3 is 0 Å². The van der Waals surface area contributed by atoms with Crippen molar-refractivity contribution in [1.82, 2.24) is 0 Å². The Balaban J connectivity index is 2.48. The van der Waals surface area contributed by atoms with Gasteiger partial charge in [0.15, 0.2) is 11.5 Å². The fourth-order valence-corrected chi connectivity index (χ4v) is 3.34. The predicted octanol–water partition coefficient (Wildman–Crippen LogP) is 3.08. The smallest absolute Gasteiger partial charge is 0.204 e. The van der Waals surface area contributed by atoms with Crippen molar-refractivity contribution in [3.8, 4) is 39.9 Å². The Hall–Kier alpha value is -2.56. The zero-order valence-corrected chi connectivity index (χ0v) is 12.6. The van der Waals surface area contributed by atoms with Gasteiger partial charge in [-0.15, -0.1) is 0 Å². The second-order valence-corrected chi connectivity index (χ2v) is 6.15. The summed E-state index contributed by atoms with van der Waals surface area (Å²) < 4.78 is 0. The molecule has 0 spiro atoms. The Labute approximate surface area is 127 Å². The topological polar surface area (TPSA) is 101 Å². The first-order chi connectivity index (χ1) is 10.2. The molecule has 0 amide bonds. The van der Waals surface area contributed by atoms with Gasteiger partial charge in [0.25, 0.3) is 0 Å². The molecule has 0 fully saturated rings. The van der Waals surface area contributed by atoms with Crippen molar-refractivity contribution >= 4 is 0 Å². The first kappa shape index (κ1) is 14.4. The van der Waals surface area contributed by atoms with Crippen LogP contribution in [-0.2, 0) is 11.8 Å². The Morgan fingerprint density at radius 2 is 1.45 bits per heavy atom. The maximum absolute atomic E-state index is 10.2. The average Bonchev–Trinajstić information content (AvgIpc) is 2.69. The molecular formula is C17H18O5. The highest BCUT2D eigenvalue weighted by Gasteiger charge is 2.42. The number of hydrogen-bond acceptors (Lipinski definition) is 5. The summed E-state index contributed by atoms with van der Waals surface area (Å²) >= 11 is 0. The van der Waals surface area contributed by atoms with Gasteiger partial charge in [-0.2, -0.15) is 0 Å². The summed E-state index contributed by atoms with van der Waals surface area (Å²) in [7, 11) is 0. The average molecular weight is 302 g/mol. The van der Waals surface area contributed by atoms with Crippen LogP contribution in [-0.4, -0.2) is 25.5 Å². The normalized spacial score (nSPS) is 14.7. The molecule has 0 bridgehead atoms. The minimum absolute atomic E-state index is 0.0938. The van der Waals surface area contributed by atoms with Crippen molar-refractivity contribution in [2.75, 3.05) is 0 Å². The third-order valence-electron chi connectivity index (χ3n) is 4.56. The molecule has 5 N–H and O–H groups in total. The van der Waals surface area contributed by atoms with E-state index < -0.39 is 28.4 Å². The van der Waals surface area contributed by atoms with E-state index in [1.54, 1.807) is 0 Å². The van der Waals surface area contributed by atoms with Gasteiger partial charge in [-0.1, -0.05) is 26.8 Å². The highest BCUT2D eigenvalue weighted by molar-refractivity contribution is 5.91. The number of rotatable bonds is 1. The van der Waals surface area contributed by atoms with Crippen molar-refractivity contribution in [2.24, 2.45) is 0 Å². The van der Waals surface area contributed by atoms with E-state index in [1.165, 1.54) is 6.07 Å². The van der Waals surface area contributed by atoms with E-state index in [0.717, 1.165) is 11.1 Å². The molecule has 0 radical (unpaired) electrons. The molecule has 5 nitrogen and oxygen atoms in total. The van der Waals surface area contributed by atoms with E-state index in [2.05, 4.69) is 0 Å². The van der Waals surface area contributed by atoms with E-state index in [4.69, 9.17) is 0 Å². The van der Waals surface area contributed by atoms with Crippen LogP contribution in [0.1, 0.15) is 37.5 Å². The van der Waals surface area contributed by atoms with Gasteiger partial charge < -0.3 is 25.5 Å². The standard InChI is InChI=1S/C17H18O5/c1-4-7-5-9-8(6-10(7)18)11-12(17(9,2)3)14(20)16(22)15(21)13(11)19/h5-6,18-22H,4H2,1-3H3. The molecule has 2 aromatic carbocycles. The quantitative estimate of drug-likeness (QED) is 0.411. The lowest BCUT2D eigenvalue weighted by Crippen LogP contribution is -2.15. The summed E-state index contributed by atoms with van der Waals surface area (Å²) in [6.45, 7) is 5.62. The SMILES string of the molecule is CCc1cc2c(cc1O)-c1c(O)c(O)c(O)c(O)c1C2(C)C. The summed E-state index contributed by atoms with van der Waals surface area (Å²) in [5, 5.41) is 50.2. The molecule has 3 rings (SSSR count). The van der Waals surface area contributed by atoms with Crippen molar-refractivity contribution < 1.29 is 25.5 Å². The first-order valence-corrected chi connectivity index (χ1v) is 7.08. The minimum atomic E-state index is -0.765. The Kier molecular flexibility index (Phi) is 2.76. The van der Waals surface area contributed by atoms with Crippen LogP contribution >= 0.6 is 0 Å². The van der Waals surface area contributed by atoms with E-state index in [0.29, 0.717) is 17.5 Å². The summed E-state index contributed by atoms with van der Waals surface area (Å²) in [5.41, 5.74) is 2.00. The fourth-order valence-electron chi connectivity index (χ4n) is 3.34. The number of hydrogen-bond donors (Lipinski definition) is 5. The van der Waals surface area contributed by atoms with E-state index in [1.807, 2.05) is 26.8 Å². The van der Waals surface area contributed by atoms with Crippen LogP contribution in [0.15, 0.2) is 12.1 Å². The molecule has 0 aliphatic heterocycles. The van der Waals surface area contributed by atoms with Gasteiger partial charge in [0.2, 0.25) is 11.5 Å². The Morgan fingerprint density at radius 3 is 2.05 bits per heavy atom. The number of fused-ring (bicyclic) bond motifs is 3. The number of phenols is 5. The van der Waals surface area contributed by atoms with E-state index in [9.17, 15) is 25.5 Å². The van der Waals surface area contributed by atoms with Crippen LogP contribution in [0.5, 0.6) is 28.7 Å². The van der Waals surface area contributed by atoms with Crippen LogP contribution in [0.4, 0.5) is 0 Å². The monoisotopic (exact) mass is 302 g/mol. The summed E-state index contributed by atoms with van der Waals surface area (Å²) in [6, 6.07) is 3.36. The zero-order chi connectivity index (χ0) is 16.4. The Bertz CT molecular complexity index is 806. The van der Waals surface area contributed by atoms with Crippen LogP contribution in [0.3, 0.4) is 0 Å². The third-order valence-corrected chi connectivity index (χ3v) is 4.56. The maximum atomic E-state index is 10.2. The molecule has 0 saturated heterocycles. The molecule has 116 valence electrons. The first-order valence-electron chi connectivity index (χ1n) is 7.08. The lowest BCUT2D eigenvalue weighted by atomic mass is 9.81. The molecule has 0 saturated carbocycles. The fraction of sp³-hybridized carbons (Fsp3) is 0.294. The van der Waals surface area contributed by atoms with Gasteiger partial charge in [0, 0.05) is 16.5 Å². The number of phenolic OH excluding ortho intramolecular Hbond substituents is 5. The molecule has 0 aromatic heterocycles. The predicted molar refractivity (Wildman–Crippen MR) is 81.7 cm³/mol. The van der Waals surface area contributed by atoms with Gasteiger partial charge in [0.1, 0.15) is 5.75 Å². The van der Waals surface area contributed by atoms with Crippen LogP contribution in [0, 0.1) is 0 Å². The lowest BCUT2D eigenvalue weighted by molar-refractivity contribution is 0.342. The van der Waals surface area contributed by atoms with Gasteiger partial charge in [-0.05, 0) is 29.2 Å². The summed E-state index contributed by atoms with van der Waals surface area (Å²) in [5.74, 6) is -2.36. The summed E-state index contributed by atoms with van der Waals surface area (Å²) in [4.78, 5) is 0. The molecule has 1 aliphatic carbocycles. The van der Waals surface area contributed by atoms with Crippen LogP contribution in [0.25, 0.3) is 11.1 Å². The van der Waals surface area contributed by atoms with Crippen LogP contribution < -0.4 is 0 Å². The second kappa shape index (κ2) is 4.22. The molecular weight excluding hydrogens is 284 g/mol. The minimum Gasteiger partial charge on any atom is -0.508 e. The molecule has 5 heteroatoms. The van der Waals surface area contributed by atoms with Gasteiger partial charge in [0.05, 0.1) is 0 Å². The third kappa shape index (κ3) is 1.53. The van der Waals surface area contributed by atoms with Gasteiger partial charge in [-0.3, -0.25) is 0 Å². The molecule has 1 aliphatic rings. The number of benzene rings is 2. The molecule has 22 heavy (non-hydrogen) atoms. The number of aryl methyl sites for hydroxylation is 1. The molecule has 0 heterocycles. The van der Waals surface area contributed by atoms with Crippen molar-refractivity contribution in [2.45, 2.75) is 32.6 Å². The van der Waals surface area contributed by atoms with E-state index >= 15 is 0 Å². The zero-order valence-electron chi connectivity index (χ0n) is 12.6. The maximum Gasteiger partial charge on any atom is 0.204 e. The molecule has 2 aromatic rings. The number of aromatic hydroxyl groups is 5.